The number of aromatic nitrogens is 2. The number of nitrogens with one attached hydrogen (secondary N) is 2. The molecular formula is C24H29N3O4. The maximum Gasteiger partial charge on any atom is 0.247 e. The summed E-state index contributed by atoms with van der Waals surface area (Å²) in [6.07, 6.45) is 7.72. The molecule has 0 spiro atoms. The highest BCUT2D eigenvalue weighted by molar-refractivity contribution is 5.94. The SMILES string of the molecule is COc1ccc2[nH]c([C@H]3CCCC(CNC(=O)C4=CC5=C(CC4)OCCO5)C3)nc2c1. The van der Waals surface area contributed by atoms with Crippen molar-refractivity contribution in [3.8, 4) is 5.75 Å². The van der Waals surface area contributed by atoms with E-state index in [0.717, 1.165) is 71.8 Å². The van der Waals surface area contributed by atoms with E-state index in [1.54, 1.807) is 7.11 Å². The fourth-order valence-electron chi connectivity index (χ4n) is 4.84. The Kier molecular flexibility index (Phi) is 5.57. The van der Waals surface area contributed by atoms with Gasteiger partial charge < -0.3 is 24.5 Å². The highest BCUT2D eigenvalue weighted by Crippen LogP contribution is 2.36. The van der Waals surface area contributed by atoms with E-state index in [0.29, 0.717) is 38.0 Å². The lowest BCUT2D eigenvalue weighted by Crippen LogP contribution is -2.33. The molecule has 2 heterocycles. The van der Waals surface area contributed by atoms with Crippen molar-refractivity contribution in [1.29, 1.82) is 0 Å². The molecule has 31 heavy (non-hydrogen) atoms. The first-order valence-electron chi connectivity index (χ1n) is 11.2. The predicted molar refractivity (Wildman–Crippen MR) is 117 cm³/mol. The molecule has 0 bridgehead atoms. The van der Waals surface area contributed by atoms with Gasteiger partial charge in [-0.1, -0.05) is 6.42 Å². The number of methoxy groups -OCH3 is 1. The van der Waals surface area contributed by atoms with Crippen LogP contribution >= 0.6 is 0 Å². The van der Waals surface area contributed by atoms with Gasteiger partial charge >= 0.3 is 0 Å². The van der Waals surface area contributed by atoms with Gasteiger partial charge in [0.2, 0.25) is 5.91 Å². The van der Waals surface area contributed by atoms with Crippen LogP contribution in [0.25, 0.3) is 11.0 Å². The quantitative estimate of drug-likeness (QED) is 0.761. The molecular weight excluding hydrogens is 394 g/mol. The number of allylic oxidation sites excluding steroid dienone is 2. The second-order valence-electron chi connectivity index (χ2n) is 8.60. The third-order valence-corrected chi connectivity index (χ3v) is 6.54. The van der Waals surface area contributed by atoms with Gasteiger partial charge in [0.05, 0.1) is 18.1 Å². The number of hydrogen-bond donors (Lipinski definition) is 2. The molecule has 1 amide bonds. The maximum atomic E-state index is 12.7. The molecule has 7 nitrogen and oxygen atoms in total. The third-order valence-electron chi connectivity index (χ3n) is 6.54. The molecule has 5 rings (SSSR count). The van der Waals surface area contributed by atoms with Crippen LogP contribution in [-0.4, -0.2) is 42.7 Å². The summed E-state index contributed by atoms with van der Waals surface area (Å²) in [6, 6.07) is 5.94. The minimum Gasteiger partial charge on any atom is -0.497 e. The smallest absolute Gasteiger partial charge is 0.247 e. The monoisotopic (exact) mass is 423 g/mol. The summed E-state index contributed by atoms with van der Waals surface area (Å²) in [5.41, 5.74) is 2.76. The standard InChI is InChI=1S/C24H29N3O4/c1-29-18-6-7-19-20(13-18)27-23(26-19)16-4-2-3-15(11-16)14-25-24(28)17-5-8-21-22(12-17)31-10-9-30-21/h6-7,12-13,15-16H,2-5,8-11,14H2,1H3,(H,25,28)(H,26,27)/t15?,16-/m0/s1. The number of carbonyl (C=O) groups excluding carboxylic acids is 1. The van der Waals surface area contributed by atoms with E-state index in [1.165, 1.54) is 0 Å². The van der Waals surface area contributed by atoms with E-state index >= 15 is 0 Å². The Labute approximate surface area is 181 Å². The number of fused-ring (bicyclic) bond motifs is 1. The second-order valence-corrected chi connectivity index (χ2v) is 8.60. The molecule has 164 valence electrons. The number of aromatic amines is 1. The molecule has 7 heteroatoms. The molecule has 0 radical (unpaired) electrons. The number of carbonyl (C=O) groups is 1. The molecule has 1 aromatic heterocycles. The number of benzene rings is 1. The predicted octanol–water partition coefficient (Wildman–Crippen LogP) is 3.94. The number of imidazole rings is 1. The van der Waals surface area contributed by atoms with Gasteiger partial charge in [0.15, 0.2) is 5.76 Å². The van der Waals surface area contributed by atoms with Crippen LogP contribution in [0.15, 0.2) is 41.4 Å². The summed E-state index contributed by atoms with van der Waals surface area (Å²) < 4.78 is 16.6. The van der Waals surface area contributed by atoms with E-state index in [9.17, 15) is 4.79 Å². The summed E-state index contributed by atoms with van der Waals surface area (Å²) in [7, 11) is 1.67. The van der Waals surface area contributed by atoms with Crippen molar-refractivity contribution in [2.24, 2.45) is 5.92 Å². The van der Waals surface area contributed by atoms with Crippen molar-refractivity contribution in [1.82, 2.24) is 15.3 Å². The van der Waals surface area contributed by atoms with Crippen LogP contribution < -0.4 is 10.1 Å². The molecule has 1 saturated carbocycles. The normalized spacial score (nSPS) is 23.5. The van der Waals surface area contributed by atoms with Crippen LogP contribution in [0.4, 0.5) is 0 Å². The number of nitrogens with zero attached hydrogens (tertiary/aromatic N) is 1. The molecule has 2 aliphatic carbocycles. The van der Waals surface area contributed by atoms with Crippen LogP contribution in [0.2, 0.25) is 0 Å². The summed E-state index contributed by atoms with van der Waals surface area (Å²) in [4.78, 5) is 21.0. The number of ether oxygens (including phenoxy) is 3. The first-order valence-corrected chi connectivity index (χ1v) is 11.2. The fraction of sp³-hybridized carbons (Fsp3) is 0.500. The number of amides is 1. The molecule has 1 aliphatic heterocycles. The van der Waals surface area contributed by atoms with Crippen molar-refractivity contribution in [2.75, 3.05) is 26.9 Å². The van der Waals surface area contributed by atoms with Gasteiger partial charge in [0.25, 0.3) is 0 Å². The number of H-pyrrole nitrogens is 1. The maximum absolute atomic E-state index is 12.7. The van der Waals surface area contributed by atoms with Gasteiger partial charge in [0, 0.05) is 30.5 Å². The highest BCUT2D eigenvalue weighted by Gasteiger charge is 2.27. The third kappa shape index (κ3) is 4.27. The van der Waals surface area contributed by atoms with Crippen LogP contribution in [0, 0.1) is 5.92 Å². The Bertz CT molecular complexity index is 1040. The molecule has 2 N–H and O–H groups in total. The van der Waals surface area contributed by atoms with Gasteiger partial charge in [-0.15, -0.1) is 0 Å². The lowest BCUT2D eigenvalue weighted by atomic mass is 9.81. The number of hydrogen-bond acceptors (Lipinski definition) is 5. The molecule has 1 aromatic carbocycles. The zero-order valence-electron chi connectivity index (χ0n) is 17.9. The number of rotatable bonds is 5. The summed E-state index contributed by atoms with van der Waals surface area (Å²) >= 11 is 0. The van der Waals surface area contributed by atoms with Crippen molar-refractivity contribution in [2.45, 2.75) is 44.4 Å². The Morgan fingerprint density at radius 1 is 1.26 bits per heavy atom. The van der Waals surface area contributed by atoms with E-state index < -0.39 is 0 Å². The first kappa shape index (κ1) is 20.0. The Hall–Kier alpha value is -2.96. The summed E-state index contributed by atoms with van der Waals surface area (Å²) in [5.74, 6) is 4.33. The summed E-state index contributed by atoms with van der Waals surface area (Å²) in [6.45, 7) is 1.84. The van der Waals surface area contributed by atoms with Crippen LogP contribution in [0.1, 0.15) is 50.3 Å². The van der Waals surface area contributed by atoms with Gasteiger partial charge in [0.1, 0.15) is 30.5 Å². The largest absolute Gasteiger partial charge is 0.497 e. The van der Waals surface area contributed by atoms with Crippen LogP contribution in [-0.2, 0) is 14.3 Å². The molecule has 2 atom stereocenters. The lowest BCUT2D eigenvalue weighted by Gasteiger charge is -2.28. The Morgan fingerprint density at radius 2 is 2.16 bits per heavy atom. The van der Waals surface area contributed by atoms with Crippen molar-refractivity contribution in [3.05, 3.63) is 47.2 Å². The van der Waals surface area contributed by atoms with Gasteiger partial charge in [-0.3, -0.25) is 4.79 Å². The molecule has 2 aromatic rings. The zero-order valence-corrected chi connectivity index (χ0v) is 17.9. The topological polar surface area (TPSA) is 85.5 Å². The average molecular weight is 424 g/mol. The molecule has 1 unspecified atom stereocenters. The van der Waals surface area contributed by atoms with Crippen molar-refractivity contribution < 1.29 is 19.0 Å². The van der Waals surface area contributed by atoms with Gasteiger partial charge in [-0.25, -0.2) is 4.98 Å². The van der Waals surface area contributed by atoms with E-state index in [1.807, 2.05) is 24.3 Å². The molecule has 3 aliphatic rings. The van der Waals surface area contributed by atoms with E-state index in [2.05, 4.69) is 10.3 Å². The lowest BCUT2D eigenvalue weighted by molar-refractivity contribution is -0.118. The average Bonchev–Trinajstić information content (AvgIpc) is 3.26. The molecule has 1 fully saturated rings. The minimum absolute atomic E-state index is 0.0127. The van der Waals surface area contributed by atoms with Gasteiger partial charge in [-0.2, -0.15) is 0 Å². The fourth-order valence-corrected chi connectivity index (χ4v) is 4.84. The van der Waals surface area contributed by atoms with E-state index in [-0.39, 0.29) is 5.91 Å². The van der Waals surface area contributed by atoms with E-state index in [4.69, 9.17) is 19.2 Å². The highest BCUT2D eigenvalue weighted by atomic mass is 16.6. The van der Waals surface area contributed by atoms with Crippen LogP contribution in [0.5, 0.6) is 5.75 Å². The molecule has 0 saturated heterocycles. The Balaban J connectivity index is 1.20. The zero-order chi connectivity index (χ0) is 21.2. The van der Waals surface area contributed by atoms with Crippen molar-refractivity contribution in [3.63, 3.8) is 0 Å². The second kappa shape index (κ2) is 8.65. The summed E-state index contributed by atoms with van der Waals surface area (Å²) in [5, 5.41) is 3.16. The van der Waals surface area contributed by atoms with Gasteiger partial charge in [-0.05, 0) is 49.8 Å². The van der Waals surface area contributed by atoms with Crippen LogP contribution in [0.3, 0.4) is 0 Å². The first-order chi connectivity index (χ1) is 15.2. The van der Waals surface area contributed by atoms with Crippen molar-refractivity contribution >= 4 is 16.9 Å². The minimum atomic E-state index is 0.0127. The Morgan fingerprint density at radius 3 is 3.06 bits per heavy atom.